The predicted molar refractivity (Wildman–Crippen MR) is 108 cm³/mol. The highest BCUT2D eigenvalue weighted by atomic mass is 79.9. The average Bonchev–Trinajstić information content (AvgIpc) is 2.51. The van der Waals surface area contributed by atoms with Gasteiger partial charge in [0.1, 0.15) is 10.6 Å². The largest absolute Gasteiger partial charge is 0.284 e. The van der Waals surface area contributed by atoms with Crippen LogP contribution in [0.2, 0.25) is 5.02 Å². The molecule has 5 nitrogen and oxygen atoms in total. The molecule has 10 heteroatoms. The Kier molecular flexibility index (Phi) is 10.9. The van der Waals surface area contributed by atoms with E-state index in [1.807, 2.05) is 4.72 Å². The highest BCUT2D eigenvalue weighted by Gasteiger charge is 2.23. The van der Waals surface area contributed by atoms with Crippen molar-refractivity contribution in [3.05, 3.63) is 39.5 Å². The van der Waals surface area contributed by atoms with E-state index in [1.54, 1.807) is 26.8 Å². The van der Waals surface area contributed by atoms with Crippen molar-refractivity contribution in [2.24, 2.45) is 4.99 Å². The van der Waals surface area contributed by atoms with Gasteiger partial charge in [-0.3, -0.25) is 9.79 Å². The van der Waals surface area contributed by atoms with E-state index >= 15 is 0 Å². The minimum Gasteiger partial charge on any atom is -0.266 e. The third-order valence-electron chi connectivity index (χ3n) is 2.84. The molecular weight excluding hydrogens is 466 g/mol. The van der Waals surface area contributed by atoms with E-state index in [2.05, 4.69) is 20.9 Å². The van der Waals surface area contributed by atoms with E-state index in [1.165, 1.54) is 24.4 Å². The number of hydrogen-bond acceptors (Lipinski definition) is 4. The number of alkyl halides is 2. The summed E-state index contributed by atoms with van der Waals surface area (Å²) in [6.07, 6.45) is 1.96. The zero-order valence-electron chi connectivity index (χ0n) is 15.4. The molecule has 0 spiro atoms. The fourth-order valence-corrected chi connectivity index (χ4v) is 3.52. The maximum absolute atomic E-state index is 12.1. The first-order chi connectivity index (χ1) is 12.4. The highest BCUT2D eigenvalue weighted by molar-refractivity contribution is 9.11. The maximum atomic E-state index is 12.1. The lowest BCUT2D eigenvalue weighted by molar-refractivity contribution is -0.115. The molecule has 1 amide bonds. The number of halogens is 4. The van der Waals surface area contributed by atoms with Crippen LogP contribution in [0.3, 0.4) is 0 Å². The van der Waals surface area contributed by atoms with Gasteiger partial charge in [0.25, 0.3) is 15.9 Å². The van der Waals surface area contributed by atoms with Crippen molar-refractivity contribution in [3.8, 4) is 0 Å². The summed E-state index contributed by atoms with van der Waals surface area (Å²) in [5.74, 6) is -3.29. The van der Waals surface area contributed by atoms with Gasteiger partial charge in [-0.25, -0.2) is 21.9 Å². The van der Waals surface area contributed by atoms with Crippen molar-refractivity contribution < 1.29 is 22.0 Å². The number of nitrogens with zero attached hydrogens (tertiary/aromatic N) is 1. The summed E-state index contributed by atoms with van der Waals surface area (Å²) in [5.41, 5.74) is -0.0249. The quantitative estimate of drug-likeness (QED) is 0.437. The van der Waals surface area contributed by atoms with Crippen LogP contribution < -0.4 is 4.72 Å². The Morgan fingerprint density at radius 2 is 1.93 bits per heavy atom. The first-order valence-electron chi connectivity index (χ1n) is 7.90. The van der Waals surface area contributed by atoms with E-state index in [-0.39, 0.29) is 22.0 Å². The summed E-state index contributed by atoms with van der Waals surface area (Å²) in [5, 5.41) is 0.0351. The Hall–Kier alpha value is -1.32. The van der Waals surface area contributed by atoms with Crippen LogP contribution in [0.4, 0.5) is 8.78 Å². The van der Waals surface area contributed by atoms with Gasteiger partial charge in [-0.05, 0) is 32.9 Å². The molecule has 0 heterocycles. The lowest BCUT2D eigenvalue weighted by atomic mass is 10.2. The van der Waals surface area contributed by atoms with Crippen LogP contribution in [-0.2, 0) is 14.8 Å². The normalized spacial score (nSPS) is 12.9. The molecule has 1 rings (SSSR count). The van der Waals surface area contributed by atoms with Crippen molar-refractivity contribution in [2.75, 3.05) is 0 Å². The van der Waals surface area contributed by atoms with E-state index in [0.29, 0.717) is 10.9 Å². The Morgan fingerprint density at radius 3 is 2.30 bits per heavy atom. The number of carbonyl (C=O) groups excluding carboxylic acids is 1. The van der Waals surface area contributed by atoms with Crippen molar-refractivity contribution in [1.82, 2.24) is 4.72 Å². The number of carbonyl (C=O) groups is 1. The highest BCUT2D eigenvalue weighted by Crippen LogP contribution is 2.21. The molecule has 0 fully saturated rings. The summed E-state index contributed by atoms with van der Waals surface area (Å²) >= 11 is 8.92. The molecule has 27 heavy (non-hydrogen) atoms. The van der Waals surface area contributed by atoms with Crippen LogP contribution in [0, 0.1) is 0 Å². The van der Waals surface area contributed by atoms with Crippen LogP contribution in [0.25, 0.3) is 0 Å². The van der Waals surface area contributed by atoms with Crippen molar-refractivity contribution in [1.29, 1.82) is 0 Å². The van der Waals surface area contributed by atoms with E-state index < -0.39 is 21.9 Å². The Balaban J connectivity index is 0.000000821. The zero-order valence-corrected chi connectivity index (χ0v) is 18.6. The second-order valence-corrected chi connectivity index (χ2v) is 8.70. The number of sulfonamides is 1. The van der Waals surface area contributed by atoms with Crippen LogP contribution in [-0.4, -0.2) is 26.5 Å². The van der Waals surface area contributed by atoms with Crippen LogP contribution >= 0.6 is 27.5 Å². The average molecular weight is 488 g/mol. The minimum atomic E-state index is -4.05. The van der Waals surface area contributed by atoms with Crippen LogP contribution in [0.5, 0.6) is 0 Å². The molecule has 0 saturated heterocycles. The molecule has 0 aliphatic rings. The summed E-state index contributed by atoms with van der Waals surface area (Å²) in [6.45, 7) is 5.89. The van der Waals surface area contributed by atoms with Crippen molar-refractivity contribution in [2.45, 2.75) is 51.4 Å². The van der Waals surface area contributed by atoms with E-state index in [9.17, 15) is 22.0 Å². The van der Waals surface area contributed by atoms with Gasteiger partial charge < -0.3 is 0 Å². The van der Waals surface area contributed by atoms with Gasteiger partial charge in [-0.15, -0.1) is 0 Å². The Bertz CT molecular complexity index is 803. The van der Waals surface area contributed by atoms with Crippen molar-refractivity contribution in [3.63, 3.8) is 0 Å². The number of rotatable bonds is 6. The standard InChI is InChI=1S/C12H12BrClN2O3S.C5H10F2/c1-3-15-11(8(2)13)12(17)16-20(18,19)10-7-5-4-6-9(10)14;1-3-4-5(2,6)7/h3-7H,1-2H3,(H,16,17);3-4H2,1-2H3/b11-8+,15-3?;. The number of allylic oxidation sites excluding steroid dienone is 1. The van der Waals surface area contributed by atoms with Gasteiger partial charge in [0.15, 0.2) is 0 Å². The fourth-order valence-electron chi connectivity index (χ4n) is 1.76. The molecule has 152 valence electrons. The zero-order chi connectivity index (χ0) is 21.3. The van der Waals surface area contributed by atoms with Gasteiger partial charge >= 0.3 is 0 Å². The molecule has 0 aromatic heterocycles. The van der Waals surface area contributed by atoms with Gasteiger partial charge in [0.2, 0.25) is 5.92 Å². The first kappa shape index (κ1) is 25.7. The molecule has 1 aromatic carbocycles. The molecule has 0 aliphatic heterocycles. The van der Waals surface area contributed by atoms with Crippen LogP contribution in [0.1, 0.15) is 40.5 Å². The molecular formula is C17H22BrClF2N2O3S. The number of aliphatic imine (C=N–C) groups is 1. The summed E-state index contributed by atoms with van der Waals surface area (Å²) in [6, 6.07) is 5.85. The molecule has 0 radical (unpaired) electrons. The topological polar surface area (TPSA) is 75.6 Å². The minimum absolute atomic E-state index is 0.00694. The summed E-state index contributed by atoms with van der Waals surface area (Å²) in [7, 11) is -4.05. The number of nitrogens with one attached hydrogen (secondary N) is 1. The van der Waals surface area contributed by atoms with Gasteiger partial charge in [-0.1, -0.05) is 53.0 Å². The first-order valence-corrected chi connectivity index (χ1v) is 10.6. The molecule has 1 aromatic rings. The van der Waals surface area contributed by atoms with E-state index in [0.717, 1.165) is 6.92 Å². The predicted octanol–water partition coefficient (Wildman–Crippen LogP) is 5.30. The molecule has 0 saturated carbocycles. The number of hydrogen-bond donors (Lipinski definition) is 1. The lowest BCUT2D eigenvalue weighted by Gasteiger charge is -2.09. The fraction of sp³-hybridized carbons (Fsp3) is 0.412. The number of amides is 1. The molecule has 0 atom stereocenters. The smallest absolute Gasteiger partial charge is 0.266 e. The molecule has 0 aliphatic carbocycles. The lowest BCUT2D eigenvalue weighted by Crippen LogP contribution is -2.31. The summed E-state index contributed by atoms with van der Waals surface area (Å²) < 4.78 is 50.0. The second kappa shape index (κ2) is 11.5. The molecule has 1 N–H and O–H groups in total. The third kappa shape index (κ3) is 9.97. The van der Waals surface area contributed by atoms with Gasteiger partial charge in [0, 0.05) is 17.1 Å². The van der Waals surface area contributed by atoms with Gasteiger partial charge in [0.05, 0.1) is 5.02 Å². The number of benzene rings is 1. The van der Waals surface area contributed by atoms with Gasteiger partial charge in [-0.2, -0.15) is 0 Å². The summed E-state index contributed by atoms with van der Waals surface area (Å²) in [4.78, 5) is 15.6. The molecule has 0 unspecified atom stereocenters. The Morgan fingerprint density at radius 1 is 1.37 bits per heavy atom. The van der Waals surface area contributed by atoms with Crippen LogP contribution in [0.15, 0.2) is 44.3 Å². The van der Waals surface area contributed by atoms with Crippen molar-refractivity contribution >= 4 is 49.7 Å². The molecule has 0 bridgehead atoms. The third-order valence-corrected chi connectivity index (χ3v) is 5.05. The Labute approximate surface area is 172 Å². The SMILES string of the molecule is CC=N/C(C(=O)NS(=O)(=O)c1ccccc1Cl)=C(\C)Br.CCCC(C)(F)F. The maximum Gasteiger partial charge on any atom is 0.284 e. The monoisotopic (exact) mass is 486 g/mol. The second-order valence-electron chi connectivity index (χ2n) is 5.45. The van der Waals surface area contributed by atoms with E-state index in [4.69, 9.17) is 11.6 Å².